The van der Waals surface area contributed by atoms with E-state index in [9.17, 15) is 15.3 Å². The highest BCUT2D eigenvalue weighted by molar-refractivity contribution is 5.83. The Morgan fingerprint density at radius 2 is 1.77 bits per heavy atom. The first kappa shape index (κ1) is 22.3. The fourth-order valence-corrected chi connectivity index (χ4v) is 3.04. The molecule has 0 aliphatic carbocycles. The lowest BCUT2D eigenvalue weighted by Gasteiger charge is -2.20. The minimum atomic E-state index is -0.233. The monoisotopic (exact) mass is 431 g/mol. The number of benzene rings is 1. The smallest absolute Gasteiger partial charge is 0.227 e. The van der Waals surface area contributed by atoms with Gasteiger partial charge in [-0.15, -0.1) is 5.10 Å². The first-order valence-electron chi connectivity index (χ1n) is 10.1. The Kier molecular flexibility index (Phi) is 6.64. The molecule has 0 fully saturated rings. The number of rotatable bonds is 9. The lowest BCUT2D eigenvalue weighted by molar-refractivity contribution is 0.248. The molecule has 11 heteroatoms. The number of nitrogens with one attached hydrogen (secondary N) is 2. The molecule has 0 saturated heterocycles. The van der Waals surface area contributed by atoms with E-state index in [-0.39, 0.29) is 48.2 Å². The number of aliphatic hydroxyl groups is 1. The Labute approximate surface area is 180 Å². The number of aromatic nitrogens is 5. The number of nitrogens with zero attached hydrogens (tertiary/aromatic N) is 5. The second-order valence-electron chi connectivity index (χ2n) is 7.87. The van der Waals surface area contributed by atoms with Gasteiger partial charge in [0.2, 0.25) is 5.95 Å². The van der Waals surface area contributed by atoms with Gasteiger partial charge in [0.25, 0.3) is 0 Å². The molecule has 0 amide bonds. The van der Waals surface area contributed by atoms with Crippen molar-refractivity contribution in [2.45, 2.75) is 46.3 Å². The van der Waals surface area contributed by atoms with Crippen LogP contribution in [0.2, 0.25) is 0 Å². The van der Waals surface area contributed by atoms with Crippen LogP contribution in [0.3, 0.4) is 0 Å². The summed E-state index contributed by atoms with van der Waals surface area (Å²) in [5.41, 5.74) is 1.27. The van der Waals surface area contributed by atoms with E-state index in [1.807, 2.05) is 27.7 Å². The van der Waals surface area contributed by atoms with E-state index in [1.165, 1.54) is 19.2 Å². The van der Waals surface area contributed by atoms with Crippen LogP contribution in [0, 0.1) is 5.92 Å². The maximum atomic E-state index is 10.3. The average molecular weight is 431 g/mol. The van der Waals surface area contributed by atoms with Crippen LogP contribution in [0.15, 0.2) is 12.1 Å². The van der Waals surface area contributed by atoms with Gasteiger partial charge < -0.3 is 30.7 Å². The van der Waals surface area contributed by atoms with Crippen LogP contribution >= 0.6 is 0 Å². The third kappa shape index (κ3) is 4.71. The average Bonchev–Trinajstić information content (AvgIpc) is 3.15. The molecule has 1 aromatic carbocycles. The molecule has 0 aliphatic rings. The Hall–Kier alpha value is -3.34. The molecule has 31 heavy (non-hydrogen) atoms. The highest BCUT2D eigenvalue weighted by Crippen LogP contribution is 2.33. The van der Waals surface area contributed by atoms with Crippen molar-refractivity contribution in [2.24, 2.45) is 5.92 Å². The molecule has 0 aliphatic heterocycles. The number of aliphatic hydroxyl groups excluding tert-OH is 1. The van der Waals surface area contributed by atoms with Crippen molar-refractivity contribution in [3.63, 3.8) is 0 Å². The number of hydrogen-bond donors (Lipinski definition) is 5. The number of hydrogen-bond acceptors (Lipinski definition) is 10. The zero-order chi connectivity index (χ0) is 22.7. The Balaban J connectivity index is 1.99. The Morgan fingerprint density at radius 3 is 2.32 bits per heavy atom. The number of ether oxygens (including phenoxy) is 1. The summed E-state index contributed by atoms with van der Waals surface area (Å²) in [5.74, 6) is 0.975. The van der Waals surface area contributed by atoms with Crippen molar-refractivity contribution in [3.05, 3.63) is 17.7 Å². The third-order valence-electron chi connectivity index (χ3n) is 4.97. The zero-order valence-corrected chi connectivity index (χ0v) is 18.3. The summed E-state index contributed by atoms with van der Waals surface area (Å²) in [7, 11) is 1.45. The van der Waals surface area contributed by atoms with Crippen molar-refractivity contribution < 1.29 is 20.1 Å². The van der Waals surface area contributed by atoms with E-state index < -0.39 is 0 Å². The van der Waals surface area contributed by atoms with Crippen molar-refractivity contribution in [1.82, 2.24) is 25.0 Å². The highest BCUT2D eigenvalue weighted by atomic mass is 16.5. The third-order valence-corrected chi connectivity index (χ3v) is 4.97. The van der Waals surface area contributed by atoms with Crippen LogP contribution in [0.4, 0.5) is 11.8 Å². The topological polar surface area (TPSA) is 150 Å². The molecule has 0 unspecified atom stereocenters. The van der Waals surface area contributed by atoms with E-state index >= 15 is 0 Å². The Morgan fingerprint density at radius 1 is 1.10 bits per heavy atom. The number of phenols is 2. The molecule has 3 aromatic rings. The van der Waals surface area contributed by atoms with Gasteiger partial charge in [-0.3, -0.25) is 0 Å². The lowest BCUT2D eigenvalue weighted by atomic mass is 10.1. The van der Waals surface area contributed by atoms with Crippen LogP contribution in [-0.4, -0.2) is 60.0 Å². The van der Waals surface area contributed by atoms with Crippen molar-refractivity contribution >= 4 is 22.9 Å². The van der Waals surface area contributed by atoms with E-state index in [0.29, 0.717) is 28.7 Å². The molecule has 2 aromatic heterocycles. The molecule has 11 nitrogen and oxygen atoms in total. The van der Waals surface area contributed by atoms with E-state index in [2.05, 4.69) is 30.9 Å². The number of aromatic hydroxyl groups is 2. The van der Waals surface area contributed by atoms with Crippen molar-refractivity contribution in [2.75, 3.05) is 24.4 Å². The molecule has 168 valence electrons. The van der Waals surface area contributed by atoms with E-state index in [1.54, 1.807) is 4.68 Å². The van der Waals surface area contributed by atoms with Gasteiger partial charge in [0, 0.05) is 18.7 Å². The first-order chi connectivity index (χ1) is 14.7. The summed E-state index contributed by atoms with van der Waals surface area (Å²) in [6, 6.07) is 2.63. The summed E-state index contributed by atoms with van der Waals surface area (Å²) in [5, 5.41) is 44.8. The molecule has 5 N–H and O–H groups in total. The van der Waals surface area contributed by atoms with E-state index in [4.69, 9.17) is 4.74 Å². The SMILES string of the molecule is COc1cc(O)c(CNc2nc(N[C@@H](CO)C(C)C)nc3c2nnn3C(C)C)c(O)c1. The molecular weight excluding hydrogens is 402 g/mol. The lowest BCUT2D eigenvalue weighted by Crippen LogP contribution is -2.30. The fourth-order valence-electron chi connectivity index (χ4n) is 3.04. The van der Waals surface area contributed by atoms with Gasteiger partial charge >= 0.3 is 0 Å². The summed E-state index contributed by atoms with van der Waals surface area (Å²) < 4.78 is 6.73. The normalized spacial score (nSPS) is 12.5. The predicted octanol–water partition coefficient (Wildman–Crippen LogP) is 2.26. The van der Waals surface area contributed by atoms with Crippen LogP contribution in [0.1, 0.15) is 39.3 Å². The Bertz CT molecular complexity index is 1030. The molecule has 1 atom stereocenters. The quantitative estimate of drug-likeness (QED) is 0.341. The number of anilines is 2. The fraction of sp³-hybridized carbons (Fsp3) is 0.500. The van der Waals surface area contributed by atoms with Gasteiger partial charge in [-0.25, -0.2) is 4.68 Å². The number of phenolic OH excluding ortho intramolecular Hbond substituents is 2. The molecule has 2 heterocycles. The zero-order valence-electron chi connectivity index (χ0n) is 18.3. The van der Waals surface area contributed by atoms with Gasteiger partial charge in [-0.1, -0.05) is 19.1 Å². The van der Waals surface area contributed by atoms with Crippen LogP contribution < -0.4 is 15.4 Å². The largest absolute Gasteiger partial charge is 0.507 e. The van der Waals surface area contributed by atoms with Gasteiger partial charge in [0.15, 0.2) is 17.0 Å². The van der Waals surface area contributed by atoms with Crippen LogP contribution in [0.5, 0.6) is 17.2 Å². The standard InChI is InChI=1S/C20H29N7O4/c1-10(2)14(9-28)22-20-23-18(17-19(24-20)27(11(3)4)26-25-17)21-8-13-15(29)6-12(31-5)7-16(13)30/h6-7,10-11,14,28-30H,8-9H2,1-5H3,(H2,21,22,23,24)/t14-/m0/s1. The minimum Gasteiger partial charge on any atom is -0.507 e. The minimum absolute atomic E-state index is 0.0222. The van der Waals surface area contributed by atoms with Gasteiger partial charge in [0.1, 0.15) is 17.2 Å². The maximum Gasteiger partial charge on any atom is 0.227 e. The predicted molar refractivity (Wildman–Crippen MR) is 116 cm³/mol. The highest BCUT2D eigenvalue weighted by Gasteiger charge is 2.20. The van der Waals surface area contributed by atoms with Crippen molar-refractivity contribution in [3.8, 4) is 17.2 Å². The molecule has 3 rings (SSSR count). The summed E-state index contributed by atoms with van der Waals surface area (Å²) in [4.78, 5) is 9.05. The summed E-state index contributed by atoms with van der Waals surface area (Å²) in [6.07, 6.45) is 0. The molecular formula is C20H29N7O4. The molecule has 0 spiro atoms. The summed E-state index contributed by atoms with van der Waals surface area (Å²) in [6.45, 7) is 7.91. The van der Waals surface area contributed by atoms with Crippen molar-refractivity contribution in [1.29, 1.82) is 0 Å². The number of methoxy groups -OCH3 is 1. The van der Waals surface area contributed by atoms with Crippen LogP contribution in [0.25, 0.3) is 11.2 Å². The molecule has 0 radical (unpaired) electrons. The van der Waals surface area contributed by atoms with E-state index in [0.717, 1.165) is 0 Å². The molecule has 0 bridgehead atoms. The van der Waals surface area contributed by atoms with Gasteiger partial charge in [0.05, 0.1) is 31.4 Å². The molecule has 0 saturated carbocycles. The maximum absolute atomic E-state index is 10.3. The van der Waals surface area contributed by atoms with Gasteiger partial charge in [-0.05, 0) is 19.8 Å². The summed E-state index contributed by atoms with van der Waals surface area (Å²) >= 11 is 0. The first-order valence-corrected chi connectivity index (χ1v) is 10.1. The second kappa shape index (κ2) is 9.21. The van der Waals surface area contributed by atoms with Crippen LogP contribution in [-0.2, 0) is 6.54 Å². The van der Waals surface area contributed by atoms with Gasteiger partial charge in [-0.2, -0.15) is 9.97 Å². The number of fused-ring (bicyclic) bond motifs is 1. The second-order valence-corrected chi connectivity index (χ2v) is 7.87.